The van der Waals surface area contributed by atoms with Crippen molar-refractivity contribution in [1.82, 2.24) is 15.5 Å². The predicted octanol–water partition coefficient (Wildman–Crippen LogP) is 1.96. The molecule has 0 aromatic carbocycles. The van der Waals surface area contributed by atoms with Crippen LogP contribution in [0, 0.1) is 6.92 Å². The van der Waals surface area contributed by atoms with Crippen LogP contribution in [-0.4, -0.2) is 34.9 Å². The Balaban J connectivity index is 1.77. The molecule has 2 aliphatic heterocycles. The summed E-state index contributed by atoms with van der Waals surface area (Å²) >= 11 is 1.72. The summed E-state index contributed by atoms with van der Waals surface area (Å²) in [5.74, 6) is 0. The van der Waals surface area contributed by atoms with Crippen LogP contribution in [0.5, 0.6) is 0 Å². The van der Waals surface area contributed by atoms with Crippen LogP contribution in [0.3, 0.4) is 0 Å². The van der Waals surface area contributed by atoms with Crippen LogP contribution in [0.4, 0.5) is 5.13 Å². The van der Waals surface area contributed by atoms with Crippen LogP contribution in [0.1, 0.15) is 37.6 Å². The standard InChI is InChI=1S/C12H20N4S/c1-3-16(12-15-14-8(2)17-12)11-6-9-4-5-10(7-11)13-9/h9-11,13H,3-7H2,1-2H3. The highest BCUT2D eigenvalue weighted by molar-refractivity contribution is 7.15. The molecule has 0 aliphatic carbocycles. The molecular weight excluding hydrogens is 232 g/mol. The van der Waals surface area contributed by atoms with E-state index in [-0.39, 0.29) is 0 Å². The van der Waals surface area contributed by atoms with Gasteiger partial charge in [-0.3, -0.25) is 0 Å². The molecule has 3 rings (SSSR count). The van der Waals surface area contributed by atoms with E-state index in [1.807, 2.05) is 6.92 Å². The number of hydrogen-bond donors (Lipinski definition) is 1. The van der Waals surface area contributed by atoms with Crippen LogP contribution in [0.25, 0.3) is 0 Å². The van der Waals surface area contributed by atoms with E-state index < -0.39 is 0 Å². The molecule has 94 valence electrons. The van der Waals surface area contributed by atoms with E-state index in [2.05, 4.69) is 27.3 Å². The summed E-state index contributed by atoms with van der Waals surface area (Å²) in [5.41, 5.74) is 0. The first kappa shape index (κ1) is 11.4. The fourth-order valence-corrected chi connectivity index (χ4v) is 4.06. The van der Waals surface area contributed by atoms with Gasteiger partial charge in [0, 0.05) is 24.7 Å². The van der Waals surface area contributed by atoms with Crippen molar-refractivity contribution in [2.45, 2.75) is 57.7 Å². The molecule has 1 N–H and O–H groups in total. The largest absolute Gasteiger partial charge is 0.344 e. The second-order valence-electron chi connectivity index (χ2n) is 5.15. The van der Waals surface area contributed by atoms with Crippen molar-refractivity contribution >= 4 is 16.5 Å². The average Bonchev–Trinajstić information content (AvgIpc) is 2.87. The second-order valence-corrected chi connectivity index (χ2v) is 6.31. The summed E-state index contributed by atoms with van der Waals surface area (Å²) in [6.45, 7) is 5.29. The Morgan fingerprint density at radius 3 is 2.53 bits per heavy atom. The minimum atomic E-state index is 0.658. The number of rotatable bonds is 3. The van der Waals surface area contributed by atoms with Gasteiger partial charge in [-0.1, -0.05) is 11.3 Å². The van der Waals surface area contributed by atoms with Gasteiger partial charge in [0.1, 0.15) is 5.01 Å². The summed E-state index contributed by atoms with van der Waals surface area (Å²) in [6, 6.07) is 2.13. The zero-order valence-electron chi connectivity index (χ0n) is 10.5. The zero-order valence-corrected chi connectivity index (χ0v) is 11.3. The van der Waals surface area contributed by atoms with Crippen LogP contribution >= 0.6 is 11.3 Å². The number of nitrogens with one attached hydrogen (secondary N) is 1. The Bertz CT molecular complexity index is 380. The van der Waals surface area contributed by atoms with Crippen molar-refractivity contribution in [1.29, 1.82) is 0 Å². The van der Waals surface area contributed by atoms with Crippen LogP contribution in [-0.2, 0) is 0 Å². The quantitative estimate of drug-likeness (QED) is 0.893. The van der Waals surface area contributed by atoms with E-state index >= 15 is 0 Å². The van der Waals surface area contributed by atoms with Gasteiger partial charge in [-0.15, -0.1) is 10.2 Å². The molecule has 2 unspecified atom stereocenters. The van der Waals surface area contributed by atoms with Gasteiger partial charge in [0.25, 0.3) is 0 Å². The van der Waals surface area contributed by atoms with E-state index in [9.17, 15) is 0 Å². The molecule has 0 spiro atoms. The van der Waals surface area contributed by atoms with Gasteiger partial charge in [0.2, 0.25) is 5.13 Å². The fourth-order valence-electron chi connectivity index (χ4n) is 3.23. The Kier molecular flexibility index (Phi) is 3.04. The summed E-state index contributed by atoms with van der Waals surface area (Å²) in [6.07, 6.45) is 5.24. The number of aromatic nitrogens is 2. The first-order chi connectivity index (χ1) is 8.26. The van der Waals surface area contributed by atoms with Gasteiger partial charge in [0.15, 0.2) is 0 Å². The predicted molar refractivity (Wildman–Crippen MR) is 70.6 cm³/mol. The van der Waals surface area contributed by atoms with Gasteiger partial charge >= 0.3 is 0 Å². The lowest BCUT2D eigenvalue weighted by molar-refractivity contribution is 0.348. The number of fused-ring (bicyclic) bond motifs is 2. The van der Waals surface area contributed by atoms with Gasteiger partial charge in [-0.2, -0.15) is 0 Å². The van der Waals surface area contributed by atoms with Crippen molar-refractivity contribution in [2.24, 2.45) is 0 Å². The number of anilines is 1. The SMILES string of the molecule is CCN(c1nnc(C)s1)C1CC2CCC(C1)N2. The highest BCUT2D eigenvalue weighted by atomic mass is 32.1. The van der Waals surface area contributed by atoms with Gasteiger partial charge in [-0.25, -0.2) is 0 Å². The van der Waals surface area contributed by atoms with Crippen molar-refractivity contribution in [3.05, 3.63) is 5.01 Å². The second kappa shape index (κ2) is 4.53. The van der Waals surface area contributed by atoms with Crippen molar-refractivity contribution < 1.29 is 0 Å². The van der Waals surface area contributed by atoms with E-state index in [1.54, 1.807) is 11.3 Å². The third-order valence-corrected chi connectivity index (χ3v) is 4.87. The minimum Gasteiger partial charge on any atom is -0.344 e. The molecule has 0 radical (unpaired) electrons. The van der Waals surface area contributed by atoms with Crippen molar-refractivity contribution in [2.75, 3.05) is 11.4 Å². The maximum Gasteiger partial charge on any atom is 0.208 e. The van der Waals surface area contributed by atoms with Gasteiger partial charge in [0.05, 0.1) is 0 Å². The molecule has 0 amide bonds. The number of nitrogens with zero attached hydrogens (tertiary/aromatic N) is 3. The van der Waals surface area contributed by atoms with Crippen LogP contribution in [0.15, 0.2) is 0 Å². The third kappa shape index (κ3) is 2.18. The molecule has 1 aromatic heterocycles. The molecule has 2 bridgehead atoms. The van der Waals surface area contributed by atoms with E-state index in [1.165, 1.54) is 25.7 Å². The highest BCUT2D eigenvalue weighted by Crippen LogP contribution is 2.32. The Hall–Kier alpha value is -0.680. The Labute approximate surface area is 106 Å². The summed E-state index contributed by atoms with van der Waals surface area (Å²) < 4.78 is 0. The fraction of sp³-hybridized carbons (Fsp3) is 0.833. The average molecular weight is 252 g/mol. The molecule has 4 nitrogen and oxygen atoms in total. The summed E-state index contributed by atoms with van der Waals surface area (Å²) in [5, 5.41) is 14.3. The number of hydrogen-bond acceptors (Lipinski definition) is 5. The maximum absolute atomic E-state index is 4.31. The third-order valence-electron chi connectivity index (χ3n) is 3.99. The molecule has 2 fully saturated rings. The van der Waals surface area contributed by atoms with Gasteiger partial charge < -0.3 is 10.2 Å². The molecule has 2 aliphatic rings. The molecule has 0 saturated carbocycles. The normalized spacial score (nSPS) is 31.8. The summed E-state index contributed by atoms with van der Waals surface area (Å²) in [4.78, 5) is 2.46. The van der Waals surface area contributed by atoms with Crippen molar-refractivity contribution in [3.8, 4) is 0 Å². The number of piperidine rings is 1. The van der Waals surface area contributed by atoms with E-state index in [0.717, 1.165) is 28.8 Å². The van der Waals surface area contributed by atoms with E-state index in [0.29, 0.717) is 6.04 Å². The monoisotopic (exact) mass is 252 g/mol. The lowest BCUT2D eigenvalue weighted by atomic mass is 9.98. The minimum absolute atomic E-state index is 0.658. The maximum atomic E-state index is 4.31. The summed E-state index contributed by atoms with van der Waals surface area (Å²) in [7, 11) is 0. The van der Waals surface area contributed by atoms with E-state index in [4.69, 9.17) is 0 Å². The topological polar surface area (TPSA) is 41.1 Å². The first-order valence-electron chi connectivity index (χ1n) is 6.59. The zero-order chi connectivity index (χ0) is 11.8. The molecule has 3 heterocycles. The smallest absolute Gasteiger partial charge is 0.208 e. The molecule has 17 heavy (non-hydrogen) atoms. The van der Waals surface area contributed by atoms with Gasteiger partial charge in [-0.05, 0) is 39.5 Å². The Morgan fingerprint density at radius 1 is 1.29 bits per heavy atom. The lowest BCUT2D eigenvalue weighted by Crippen LogP contribution is -2.48. The molecule has 2 atom stereocenters. The lowest BCUT2D eigenvalue weighted by Gasteiger charge is -2.36. The molecular formula is C12H20N4S. The number of aryl methyl sites for hydroxylation is 1. The van der Waals surface area contributed by atoms with Crippen LogP contribution < -0.4 is 10.2 Å². The van der Waals surface area contributed by atoms with Crippen molar-refractivity contribution in [3.63, 3.8) is 0 Å². The molecule has 1 aromatic rings. The first-order valence-corrected chi connectivity index (χ1v) is 7.40. The molecule has 5 heteroatoms. The molecule has 2 saturated heterocycles. The highest BCUT2D eigenvalue weighted by Gasteiger charge is 2.36. The Morgan fingerprint density at radius 2 is 2.00 bits per heavy atom. The van der Waals surface area contributed by atoms with Crippen LogP contribution in [0.2, 0.25) is 0 Å².